The summed E-state index contributed by atoms with van der Waals surface area (Å²) in [5.41, 5.74) is -0.953. The van der Waals surface area contributed by atoms with Crippen molar-refractivity contribution in [2.45, 2.75) is 117 Å². The van der Waals surface area contributed by atoms with Crippen molar-refractivity contribution >= 4 is 39.8 Å². The van der Waals surface area contributed by atoms with Crippen LogP contribution in [0.25, 0.3) is 0 Å². The van der Waals surface area contributed by atoms with Crippen molar-refractivity contribution in [3.63, 3.8) is 0 Å². The molecule has 2 aliphatic rings. The molecule has 0 aromatic heterocycles. The van der Waals surface area contributed by atoms with Crippen LogP contribution in [0.5, 0.6) is 0 Å². The summed E-state index contributed by atoms with van der Waals surface area (Å²) < 4.78 is 28.6. The summed E-state index contributed by atoms with van der Waals surface area (Å²) in [5, 5.41) is 13.2. The van der Waals surface area contributed by atoms with Crippen LogP contribution >= 0.6 is 10.7 Å². The third-order valence-corrected chi connectivity index (χ3v) is 9.64. The summed E-state index contributed by atoms with van der Waals surface area (Å²) in [7, 11) is 1.93. The van der Waals surface area contributed by atoms with E-state index in [1.807, 2.05) is 55.5 Å². The molecule has 10 nitrogen and oxygen atoms in total. The van der Waals surface area contributed by atoms with Gasteiger partial charge in [-0.05, 0) is 56.7 Å². The number of carbonyl (C=O) groups is 4. The molecule has 42 heavy (non-hydrogen) atoms. The fourth-order valence-corrected chi connectivity index (χ4v) is 5.49. The summed E-state index contributed by atoms with van der Waals surface area (Å²) in [6.45, 7) is 14.5. The number of hydrogen-bond acceptors (Lipinski definition) is 5. The van der Waals surface area contributed by atoms with E-state index in [1.54, 1.807) is 0 Å². The molecule has 0 aromatic rings. The normalized spacial score (nSPS) is 20.7. The van der Waals surface area contributed by atoms with Crippen molar-refractivity contribution in [1.82, 2.24) is 30.5 Å². The molecule has 1 unspecified atom stereocenters. The molecule has 242 valence electrons. The van der Waals surface area contributed by atoms with Crippen LogP contribution in [0.1, 0.15) is 80.6 Å². The van der Waals surface area contributed by atoms with Gasteiger partial charge in [0, 0.05) is 31.6 Å². The second-order valence-electron chi connectivity index (χ2n) is 13.6. The number of likely N-dealkylation sites (tertiary alicyclic amines) is 1. The highest BCUT2D eigenvalue weighted by atomic mass is 32.2. The molecule has 1 aliphatic heterocycles. The molecular formula is C29H52F2N6O4S. The molecule has 4 N–H and O–H groups in total. The summed E-state index contributed by atoms with van der Waals surface area (Å²) >= 11 is 0. The maximum Gasteiger partial charge on any atom is 0.315 e. The van der Waals surface area contributed by atoms with Crippen LogP contribution in [0.15, 0.2) is 0 Å². The van der Waals surface area contributed by atoms with Gasteiger partial charge in [-0.3, -0.25) is 18.7 Å². The molecule has 0 bridgehead atoms. The fraction of sp³-hybridized carbons (Fsp3) is 0.828. The van der Waals surface area contributed by atoms with Gasteiger partial charge in [0.05, 0.1) is 0 Å². The van der Waals surface area contributed by atoms with Crippen molar-refractivity contribution in [3.05, 3.63) is 0 Å². The Morgan fingerprint density at radius 1 is 1.00 bits per heavy atom. The van der Waals surface area contributed by atoms with Gasteiger partial charge < -0.3 is 26.2 Å². The Labute approximate surface area is 252 Å². The molecule has 1 saturated heterocycles. The van der Waals surface area contributed by atoms with E-state index in [-0.39, 0.29) is 34.7 Å². The minimum atomic E-state index is -2.78. The summed E-state index contributed by atoms with van der Waals surface area (Å²) in [6, 6.07) is -4.02. The minimum Gasteiger partial charge on any atom is -0.352 e. The van der Waals surface area contributed by atoms with Crippen molar-refractivity contribution in [1.29, 1.82) is 0 Å². The quantitative estimate of drug-likeness (QED) is 0.251. The Balaban J connectivity index is 2.17. The van der Waals surface area contributed by atoms with Gasteiger partial charge in [-0.2, -0.15) is 0 Å². The van der Waals surface area contributed by atoms with Gasteiger partial charge in [-0.1, -0.05) is 46.9 Å². The first-order chi connectivity index (χ1) is 19.3. The first-order valence-electron chi connectivity index (χ1n) is 14.8. The Morgan fingerprint density at radius 2 is 1.62 bits per heavy atom. The zero-order valence-corrected chi connectivity index (χ0v) is 27.5. The maximum atomic E-state index is 13.9. The Morgan fingerprint density at radius 3 is 2.12 bits per heavy atom. The number of halogens is 2. The predicted octanol–water partition coefficient (Wildman–Crippen LogP) is 3.09. The smallest absolute Gasteiger partial charge is 0.315 e. The predicted molar refractivity (Wildman–Crippen MR) is 164 cm³/mol. The van der Waals surface area contributed by atoms with Gasteiger partial charge in [-0.15, -0.1) is 10.7 Å². The standard InChI is InChI=1S/C29H52F2N6O4S/c1-10-42(9)36(8)17-21(28(2,3)4)34-27(41)35-23(29(5,6)7)26(40)37-15-11-12-20(37)25(39)33-19(16-22(30)31)24(38)32-18-13-14-18/h10,18-23H,11-17H2,1-9H3,(H,32,38)(H,33,39)(H2,34,35,41)/t19-,20-,21+,23+,42?/m0/s1. The van der Waals surface area contributed by atoms with Crippen LogP contribution in [0, 0.1) is 10.8 Å². The average molecular weight is 619 g/mol. The highest BCUT2D eigenvalue weighted by molar-refractivity contribution is 8.12. The number of hydrogen-bond donors (Lipinski definition) is 4. The van der Waals surface area contributed by atoms with Crippen LogP contribution < -0.4 is 21.3 Å². The molecule has 0 spiro atoms. The van der Waals surface area contributed by atoms with E-state index >= 15 is 0 Å². The van der Waals surface area contributed by atoms with Gasteiger partial charge in [0.15, 0.2) is 0 Å². The van der Waals surface area contributed by atoms with Gasteiger partial charge in [0.2, 0.25) is 24.1 Å². The van der Waals surface area contributed by atoms with E-state index in [2.05, 4.69) is 37.2 Å². The van der Waals surface area contributed by atoms with Crippen molar-refractivity contribution < 1.29 is 28.0 Å². The molecular weight excluding hydrogens is 566 g/mol. The van der Waals surface area contributed by atoms with Crippen molar-refractivity contribution in [2.24, 2.45) is 10.8 Å². The number of likely N-dealkylation sites (N-methyl/N-ethyl adjacent to an activating group) is 1. The molecule has 1 saturated carbocycles. The summed E-state index contributed by atoms with van der Waals surface area (Å²) in [6.07, 6.45) is 0.943. The summed E-state index contributed by atoms with van der Waals surface area (Å²) in [5.74, 6) is -1.71. The second kappa shape index (κ2) is 14.9. The fourth-order valence-electron chi connectivity index (χ4n) is 4.75. The molecule has 1 aliphatic carbocycles. The van der Waals surface area contributed by atoms with Gasteiger partial charge in [-0.25, -0.2) is 13.6 Å². The lowest BCUT2D eigenvalue weighted by molar-refractivity contribution is -0.142. The maximum absolute atomic E-state index is 13.9. The number of alkyl halides is 2. The van der Waals surface area contributed by atoms with E-state index in [1.165, 1.54) is 4.90 Å². The lowest BCUT2D eigenvalue weighted by atomic mass is 9.85. The SMILES string of the molecule is C/C=S(\C)N(C)C[C@@H](NC(=O)N[C@H](C(=O)N1CCC[C@H]1C(=O)N[C@@H](CC(F)F)C(=O)NC1CC1)C(C)(C)C)C(C)(C)C. The molecule has 5 amide bonds. The molecule has 5 atom stereocenters. The number of amides is 5. The van der Waals surface area contributed by atoms with E-state index in [0.29, 0.717) is 19.4 Å². The number of nitrogens with one attached hydrogen (secondary N) is 4. The van der Waals surface area contributed by atoms with E-state index in [9.17, 15) is 28.0 Å². The lowest BCUT2D eigenvalue weighted by Crippen LogP contribution is -2.61. The van der Waals surface area contributed by atoms with Crippen LogP contribution in [-0.4, -0.2) is 101 Å². The van der Waals surface area contributed by atoms with Crippen LogP contribution in [0.3, 0.4) is 0 Å². The van der Waals surface area contributed by atoms with E-state index < -0.39 is 60.1 Å². The average Bonchev–Trinajstić information content (AvgIpc) is 3.54. The third-order valence-electron chi connectivity index (χ3n) is 7.82. The highest BCUT2D eigenvalue weighted by Crippen LogP contribution is 2.27. The van der Waals surface area contributed by atoms with Gasteiger partial charge in [0.1, 0.15) is 18.1 Å². The van der Waals surface area contributed by atoms with Gasteiger partial charge >= 0.3 is 6.03 Å². The molecule has 1 heterocycles. The first kappa shape index (κ1) is 35.9. The Bertz CT molecular complexity index is 1010. The molecule has 0 radical (unpaired) electrons. The number of rotatable bonds is 12. The van der Waals surface area contributed by atoms with Crippen LogP contribution in [-0.2, 0) is 14.4 Å². The summed E-state index contributed by atoms with van der Waals surface area (Å²) in [4.78, 5) is 54.4. The van der Waals surface area contributed by atoms with E-state index in [0.717, 1.165) is 12.8 Å². The van der Waals surface area contributed by atoms with Crippen LogP contribution in [0.4, 0.5) is 13.6 Å². The third kappa shape index (κ3) is 10.8. The zero-order valence-electron chi connectivity index (χ0n) is 26.7. The number of urea groups is 1. The molecule has 2 fully saturated rings. The van der Waals surface area contributed by atoms with Crippen molar-refractivity contribution in [3.8, 4) is 0 Å². The Kier molecular flexibility index (Phi) is 12.8. The number of carbonyl (C=O) groups excluding carboxylic acids is 4. The molecule has 13 heteroatoms. The topological polar surface area (TPSA) is 123 Å². The lowest BCUT2D eigenvalue weighted by Gasteiger charge is -2.38. The molecule has 0 aromatic carbocycles. The van der Waals surface area contributed by atoms with Crippen LogP contribution in [0.2, 0.25) is 0 Å². The van der Waals surface area contributed by atoms with E-state index in [4.69, 9.17) is 0 Å². The number of nitrogens with zero attached hydrogens (tertiary/aromatic N) is 2. The highest BCUT2D eigenvalue weighted by Gasteiger charge is 2.43. The second-order valence-corrected chi connectivity index (χ2v) is 15.7. The largest absolute Gasteiger partial charge is 0.352 e. The monoisotopic (exact) mass is 618 g/mol. The minimum absolute atomic E-state index is 0.0454. The zero-order chi connectivity index (χ0) is 32.0. The first-order valence-corrected chi connectivity index (χ1v) is 16.4. The molecule has 2 rings (SSSR count). The Hall–Kier alpha value is -2.28. The van der Waals surface area contributed by atoms with Crippen molar-refractivity contribution in [2.75, 3.05) is 26.4 Å². The van der Waals surface area contributed by atoms with Gasteiger partial charge in [0.25, 0.3) is 0 Å².